The Morgan fingerprint density at radius 3 is 2.32 bits per heavy atom. The third-order valence-electron chi connectivity index (χ3n) is 4.29. The molecule has 1 aromatic heterocycles. The molecule has 0 N–H and O–H groups in total. The second-order valence-electron chi connectivity index (χ2n) is 6.70. The van der Waals surface area contributed by atoms with Crippen LogP contribution in [0.1, 0.15) is 31.1 Å². The third kappa shape index (κ3) is 6.60. The second kappa shape index (κ2) is 11.4. The van der Waals surface area contributed by atoms with E-state index < -0.39 is 49.9 Å². The summed E-state index contributed by atoms with van der Waals surface area (Å²) in [5, 5.41) is 10.9. The van der Waals surface area contributed by atoms with E-state index in [1.54, 1.807) is 11.8 Å². The standard InChI is InChI=1S/C20H24N4O9S/c1-5-23(6-2)19(26)13-9-8-10-14(11-13)33-18-16(24(27)28)17(32-12-15(25)31-7-3)21-20(22-18)34(4,29)30/h8-11H,5-7,12H2,1-4H3. The highest BCUT2D eigenvalue weighted by molar-refractivity contribution is 7.90. The lowest BCUT2D eigenvalue weighted by Gasteiger charge is -2.18. The molecule has 184 valence electrons. The summed E-state index contributed by atoms with van der Waals surface area (Å²) < 4.78 is 39.4. The first-order valence-electron chi connectivity index (χ1n) is 10.1. The van der Waals surface area contributed by atoms with Gasteiger partial charge in [-0.2, -0.15) is 9.97 Å². The van der Waals surface area contributed by atoms with E-state index in [9.17, 15) is 28.1 Å². The van der Waals surface area contributed by atoms with Crippen LogP contribution in [-0.4, -0.2) is 72.6 Å². The third-order valence-corrected chi connectivity index (χ3v) is 5.14. The minimum absolute atomic E-state index is 0.0180. The number of sulfone groups is 1. The number of hydrogen-bond acceptors (Lipinski definition) is 11. The number of hydrogen-bond donors (Lipinski definition) is 0. The fraction of sp³-hybridized carbons (Fsp3) is 0.400. The van der Waals surface area contributed by atoms with Gasteiger partial charge in [-0.05, 0) is 39.0 Å². The summed E-state index contributed by atoms with van der Waals surface area (Å²) >= 11 is 0. The van der Waals surface area contributed by atoms with Crippen molar-refractivity contribution < 1.29 is 37.1 Å². The van der Waals surface area contributed by atoms with Gasteiger partial charge in [0.2, 0.25) is 9.84 Å². The highest BCUT2D eigenvalue weighted by atomic mass is 32.2. The van der Waals surface area contributed by atoms with E-state index in [0.29, 0.717) is 13.1 Å². The predicted octanol–water partition coefficient (Wildman–Crippen LogP) is 2.00. The largest absolute Gasteiger partial charge is 0.463 e. The van der Waals surface area contributed by atoms with E-state index in [1.807, 2.05) is 13.8 Å². The fourth-order valence-corrected chi connectivity index (χ4v) is 3.21. The molecule has 0 atom stereocenters. The normalized spacial score (nSPS) is 10.9. The lowest BCUT2D eigenvalue weighted by atomic mass is 10.2. The highest BCUT2D eigenvalue weighted by Gasteiger charge is 2.31. The van der Waals surface area contributed by atoms with Gasteiger partial charge in [0.25, 0.3) is 11.1 Å². The van der Waals surface area contributed by atoms with Gasteiger partial charge in [-0.3, -0.25) is 14.9 Å². The molecule has 34 heavy (non-hydrogen) atoms. The van der Waals surface area contributed by atoms with Crippen LogP contribution >= 0.6 is 0 Å². The number of carbonyl (C=O) groups excluding carboxylic acids is 2. The first-order valence-corrected chi connectivity index (χ1v) is 12.0. The van der Waals surface area contributed by atoms with Crippen LogP contribution in [0, 0.1) is 10.1 Å². The molecular weight excluding hydrogens is 472 g/mol. The van der Waals surface area contributed by atoms with Crippen LogP contribution in [-0.2, 0) is 19.4 Å². The van der Waals surface area contributed by atoms with Gasteiger partial charge >= 0.3 is 23.4 Å². The zero-order valence-electron chi connectivity index (χ0n) is 19.0. The Morgan fingerprint density at radius 1 is 1.12 bits per heavy atom. The van der Waals surface area contributed by atoms with Crippen molar-refractivity contribution in [2.24, 2.45) is 0 Å². The topological polar surface area (TPSA) is 168 Å². The molecule has 13 nitrogen and oxygen atoms in total. The molecule has 1 aromatic carbocycles. The Bertz CT molecular complexity index is 1180. The molecule has 0 unspecified atom stereocenters. The second-order valence-corrected chi connectivity index (χ2v) is 8.60. The van der Waals surface area contributed by atoms with Crippen molar-refractivity contribution in [3.8, 4) is 17.5 Å². The maximum absolute atomic E-state index is 12.6. The number of esters is 1. The van der Waals surface area contributed by atoms with Gasteiger partial charge in [0.05, 0.1) is 11.5 Å². The Labute approximate surface area is 195 Å². The number of nitrogens with zero attached hydrogens (tertiary/aromatic N) is 4. The molecule has 0 radical (unpaired) electrons. The van der Waals surface area contributed by atoms with Crippen LogP contribution in [0.3, 0.4) is 0 Å². The summed E-state index contributed by atoms with van der Waals surface area (Å²) in [7, 11) is -4.05. The molecule has 0 bridgehead atoms. The first-order chi connectivity index (χ1) is 16.0. The quantitative estimate of drug-likeness (QED) is 0.193. The fourth-order valence-electron chi connectivity index (χ4n) is 2.72. The summed E-state index contributed by atoms with van der Waals surface area (Å²) in [6.07, 6.45) is 0.788. The Hall–Kier alpha value is -3.81. The number of ether oxygens (including phenoxy) is 3. The predicted molar refractivity (Wildman–Crippen MR) is 118 cm³/mol. The number of rotatable bonds is 11. The Balaban J connectivity index is 2.54. The Kier molecular flexibility index (Phi) is 8.83. The molecule has 0 aliphatic rings. The van der Waals surface area contributed by atoms with Gasteiger partial charge in [-0.1, -0.05) is 6.07 Å². The van der Waals surface area contributed by atoms with E-state index in [1.165, 1.54) is 24.3 Å². The van der Waals surface area contributed by atoms with Crippen molar-refractivity contribution in [1.29, 1.82) is 0 Å². The Morgan fingerprint density at radius 2 is 1.76 bits per heavy atom. The lowest BCUT2D eigenvalue weighted by Crippen LogP contribution is -2.30. The van der Waals surface area contributed by atoms with Gasteiger partial charge in [0, 0.05) is 24.9 Å². The molecule has 0 aliphatic heterocycles. The molecule has 0 saturated heterocycles. The van der Waals surface area contributed by atoms with Gasteiger partial charge in [-0.15, -0.1) is 0 Å². The molecule has 0 spiro atoms. The van der Waals surface area contributed by atoms with Crippen molar-refractivity contribution in [1.82, 2.24) is 14.9 Å². The average Bonchev–Trinajstić information content (AvgIpc) is 2.77. The van der Waals surface area contributed by atoms with Crippen molar-refractivity contribution >= 4 is 27.4 Å². The SMILES string of the molecule is CCOC(=O)COc1nc(S(C)(=O)=O)nc(Oc2cccc(C(=O)N(CC)CC)c2)c1[N+](=O)[O-]. The van der Waals surface area contributed by atoms with Crippen LogP contribution in [0.25, 0.3) is 0 Å². The molecular formula is C20H24N4O9S. The number of amides is 1. The van der Waals surface area contributed by atoms with Crippen molar-refractivity contribution in [2.45, 2.75) is 25.9 Å². The monoisotopic (exact) mass is 496 g/mol. The molecule has 2 rings (SSSR count). The number of nitro groups is 1. The van der Waals surface area contributed by atoms with Crippen molar-refractivity contribution in [3.05, 3.63) is 39.9 Å². The summed E-state index contributed by atoms with van der Waals surface area (Å²) in [4.78, 5) is 43.9. The molecule has 1 amide bonds. The van der Waals surface area contributed by atoms with E-state index in [4.69, 9.17) is 14.2 Å². The average molecular weight is 496 g/mol. The van der Waals surface area contributed by atoms with Crippen LogP contribution in [0.5, 0.6) is 17.5 Å². The molecule has 2 aromatic rings. The lowest BCUT2D eigenvalue weighted by molar-refractivity contribution is -0.387. The number of benzene rings is 1. The van der Waals surface area contributed by atoms with Gasteiger partial charge in [-0.25, -0.2) is 13.2 Å². The number of carbonyl (C=O) groups is 2. The van der Waals surface area contributed by atoms with Gasteiger partial charge in [0.1, 0.15) is 5.75 Å². The minimum Gasteiger partial charge on any atom is -0.463 e. The summed E-state index contributed by atoms with van der Waals surface area (Å²) in [5.74, 6) is -2.69. The van der Waals surface area contributed by atoms with Gasteiger partial charge < -0.3 is 19.1 Å². The van der Waals surface area contributed by atoms with Crippen LogP contribution < -0.4 is 9.47 Å². The molecule has 0 fully saturated rings. The van der Waals surface area contributed by atoms with E-state index in [2.05, 4.69) is 9.97 Å². The molecule has 14 heteroatoms. The molecule has 0 saturated carbocycles. The smallest absolute Gasteiger partial charge is 0.392 e. The highest BCUT2D eigenvalue weighted by Crippen LogP contribution is 2.37. The van der Waals surface area contributed by atoms with E-state index >= 15 is 0 Å². The van der Waals surface area contributed by atoms with Crippen molar-refractivity contribution in [2.75, 3.05) is 32.6 Å². The van der Waals surface area contributed by atoms with E-state index in [-0.39, 0.29) is 23.8 Å². The van der Waals surface area contributed by atoms with Crippen molar-refractivity contribution in [3.63, 3.8) is 0 Å². The van der Waals surface area contributed by atoms with Crippen LogP contribution in [0.4, 0.5) is 5.69 Å². The minimum atomic E-state index is -4.05. The molecule has 0 aliphatic carbocycles. The summed E-state index contributed by atoms with van der Waals surface area (Å²) in [5.41, 5.74) is -0.655. The zero-order chi connectivity index (χ0) is 25.5. The van der Waals surface area contributed by atoms with Crippen LogP contribution in [0.15, 0.2) is 29.4 Å². The summed E-state index contributed by atoms with van der Waals surface area (Å²) in [6, 6.07) is 5.78. The van der Waals surface area contributed by atoms with Crippen LogP contribution in [0.2, 0.25) is 0 Å². The summed E-state index contributed by atoms with van der Waals surface area (Å²) in [6.45, 7) is 5.40. The first kappa shape index (κ1) is 26.4. The molecule has 1 heterocycles. The van der Waals surface area contributed by atoms with Gasteiger partial charge in [0.15, 0.2) is 6.61 Å². The number of aromatic nitrogens is 2. The maximum atomic E-state index is 12.6. The maximum Gasteiger partial charge on any atom is 0.392 e. The van der Waals surface area contributed by atoms with E-state index in [0.717, 1.165) is 6.26 Å². The zero-order valence-corrected chi connectivity index (χ0v) is 19.8.